The average Bonchev–Trinajstić information content (AvgIpc) is 2.74. The predicted octanol–water partition coefficient (Wildman–Crippen LogP) is 5.05. The van der Waals surface area contributed by atoms with E-state index in [1.807, 2.05) is 12.1 Å². The molecule has 1 unspecified atom stereocenters. The third kappa shape index (κ3) is 4.92. The Labute approximate surface area is 180 Å². The van der Waals surface area contributed by atoms with Crippen molar-refractivity contribution < 1.29 is 17.9 Å². The highest BCUT2D eigenvalue weighted by Crippen LogP contribution is 2.30. The van der Waals surface area contributed by atoms with Crippen molar-refractivity contribution in [3.05, 3.63) is 82.9 Å². The van der Waals surface area contributed by atoms with E-state index in [-0.39, 0.29) is 15.5 Å². The fraction of sp³-hybridized carbons (Fsp3) is 0.136. The minimum absolute atomic E-state index is 0.0937. The Morgan fingerprint density at radius 3 is 2.40 bits per heavy atom. The molecule has 6 nitrogen and oxygen atoms in total. The first-order valence-corrected chi connectivity index (χ1v) is 10.8. The van der Waals surface area contributed by atoms with Crippen LogP contribution in [0.15, 0.2) is 71.6 Å². The molecule has 1 N–H and O–H groups in total. The Balaban J connectivity index is 1.76. The predicted molar refractivity (Wildman–Crippen MR) is 114 cm³/mol. The minimum Gasteiger partial charge on any atom is -0.497 e. The van der Waals surface area contributed by atoms with Gasteiger partial charge in [-0.15, -0.1) is 0 Å². The fourth-order valence-corrected chi connectivity index (χ4v) is 4.23. The van der Waals surface area contributed by atoms with Crippen molar-refractivity contribution in [1.82, 2.24) is 4.72 Å². The van der Waals surface area contributed by atoms with Crippen LogP contribution in [0.2, 0.25) is 5.02 Å². The molecule has 0 heterocycles. The minimum atomic E-state index is -3.76. The maximum atomic E-state index is 12.7. The summed E-state index contributed by atoms with van der Waals surface area (Å²) in [4.78, 5) is 0.0937. The SMILES string of the molecule is COc1cccc(C(C)NS(=O)(=O)c2ccc(Oc3cccc(Cl)c3C#N)cc2)c1. The van der Waals surface area contributed by atoms with Gasteiger partial charge in [-0.2, -0.15) is 5.26 Å². The topological polar surface area (TPSA) is 88.4 Å². The normalized spacial score (nSPS) is 12.1. The largest absolute Gasteiger partial charge is 0.497 e. The van der Waals surface area contributed by atoms with Crippen LogP contribution in [0.1, 0.15) is 24.1 Å². The van der Waals surface area contributed by atoms with Gasteiger partial charge in [-0.3, -0.25) is 0 Å². The number of methoxy groups -OCH3 is 1. The fourth-order valence-electron chi connectivity index (χ4n) is 2.79. The zero-order valence-corrected chi connectivity index (χ0v) is 17.9. The Morgan fingerprint density at radius 1 is 1.03 bits per heavy atom. The summed E-state index contributed by atoms with van der Waals surface area (Å²) in [5.74, 6) is 1.33. The number of rotatable bonds is 7. The van der Waals surface area contributed by atoms with Gasteiger partial charge in [0.1, 0.15) is 28.9 Å². The van der Waals surface area contributed by atoms with Crippen LogP contribution in [0.25, 0.3) is 0 Å². The van der Waals surface area contributed by atoms with Gasteiger partial charge in [-0.05, 0) is 61.0 Å². The lowest BCUT2D eigenvalue weighted by atomic mass is 10.1. The maximum absolute atomic E-state index is 12.7. The highest BCUT2D eigenvalue weighted by molar-refractivity contribution is 7.89. The summed E-state index contributed by atoms with van der Waals surface area (Å²) >= 11 is 6.00. The molecular weight excluding hydrogens is 424 g/mol. The number of nitrogens with zero attached hydrogens (tertiary/aromatic N) is 1. The van der Waals surface area contributed by atoms with E-state index in [4.69, 9.17) is 21.1 Å². The smallest absolute Gasteiger partial charge is 0.241 e. The highest BCUT2D eigenvalue weighted by Gasteiger charge is 2.19. The second-order valence-corrected chi connectivity index (χ2v) is 8.54. The van der Waals surface area contributed by atoms with Crippen molar-refractivity contribution in [1.29, 1.82) is 5.26 Å². The molecular formula is C22H19ClN2O4S. The lowest BCUT2D eigenvalue weighted by molar-refractivity contribution is 0.413. The molecule has 0 bridgehead atoms. The zero-order chi connectivity index (χ0) is 21.7. The molecule has 0 aliphatic carbocycles. The van der Waals surface area contributed by atoms with Gasteiger partial charge < -0.3 is 9.47 Å². The summed E-state index contributed by atoms with van der Waals surface area (Å²) in [6, 6.07) is 19.5. The van der Waals surface area contributed by atoms with Gasteiger partial charge >= 0.3 is 0 Å². The number of hydrogen-bond acceptors (Lipinski definition) is 5. The summed E-state index contributed by atoms with van der Waals surface area (Å²) in [5, 5.41) is 9.51. The van der Waals surface area contributed by atoms with Crippen LogP contribution in [-0.4, -0.2) is 15.5 Å². The summed E-state index contributed by atoms with van der Waals surface area (Å²) in [5.41, 5.74) is 0.993. The van der Waals surface area contributed by atoms with Crippen molar-refractivity contribution in [3.63, 3.8) is 0 Å². The van der Waals surface area contributed by atoms with Crippen LogP contribution >= 0.6 is 11.6 Å². The lowest BCUT2D eigenvalue weighted by Gasteiger charge is -2.16. The summed E-state index contributed by atoms with van der Waals surface area (Å²) < 4.78 is 39.0. The van der Waals surface area contributed by atoms with Gasteiger partial charge in [-0.25, -0.2) is 13.1 Å². The molecule has 30 heavy (non-hydrogen) atoms. The van der Waals surface area contributed by atoms with E-state index < -0.39 is 16.1 Å². The molecule has 154 valence electrons. The molecule has 0 aromatic heterocycles. The number of nitrogens with one attached hydrogen (secondary N) is 1. The Kier molecular flexibility index (Phi) is 6.63. The van der Waals surface area contributed by atoms with E-state index in [0.717, 1.165) is 5.56 Å². The van der Waals surface area contributed by atoms with Gasteiger partial charge in [0.2, 0.25) is 10.0 Å². The Hall–Kier alpha value is -3.05. The standard InChI is InChI=1S/C22H19ClN2O4S/c1-15(16-5-3-6-18(13-16)28-2)25-30(26,27)19-11-9-17(10-12-19)29-22-8-4-7-21(23)20(22)14-24/h3-13,15,25H,1-2H3. The van der Waals surface area contributed by atoms with E-state index >= 15 is 0 Å². The first-order valence-electron chi connectivity index (χ1n) is 8.97. The average molecular weight is 443 g/mol. The molecule has 1 atom stereocenters. The van der Waals surface area contributed by atoms with Gasteiger partial charge in [-0.1, -0.05) is 29.8 Å². The van der Waals surface area contributed by atoms with Crippen molar-refractivity contribution >= 4 is 21.6 Å². The number of halogens is 1. The zero-order valence-electron chi connectivity index (χ0n) is 16.3. The second-order valence-electron chi connectivity index (χ2n) is 6.42. The molecule has 0 amide bonds. The van der Waals surface area contributed by atoms with Gasteiger partial charge in [0.25, 0.3) is 0 Å². The Morgan fingerprint density at radius 2 is 1.73 bits per heavy atom. The maximum Gasteiger partial charge on any atom is 0.241 e. The van der Waals surface area contributed by atoms with Gasteiger partial charge in [0, 0.05) is 6.04 Å². The summed E-state index contributed by atoms with van der Waals surface area (Å²) in [6.07, 6.45) is 0. The molecule has 0 fully saturated rings. The molecule has 8 heteroatoms. The van der Waals surface area contributed by atoms with E-state index in [0.29, 0.717) is 17.2 Å². The van der Waals surface area contributed by atoms with Crippen LogP contribution in [0.5, 0.6) is 17.2 Å². The number of hydrogen-bond donors (Lipinski definition) is 1. The third-order valence-corrected chi connectivity index (χ3v) is 6.25. The third-order valence-electron chi connectivity index (χ3n) is 4.37. The number of sulfonamides is 1. The molecule has 3 rings (SSSR count). The molecule has 3 aromatic carbocycles. The molecule has 0 aliphatic rings. The van der Waals surface area contributed by atoms with Crippen molar-refractivity contribution in [3.8, 4) is 23.3 Å². The monoisotopic (exact) mass is 442 g/mol. The first kappa shape index (κ1) is 21.7. The molecule has 0 saturated heterocycles. The molecule has 0 saturated carbocycles. The number of nitriles is 1. The molecule has 0 aliphatic heterocycles. The van der Waals surface area contributed by atoms with Crippen LogP contribution in [-0.2, 0) is 10.0 Å². The van der Waals surface area contributed by atoms with Crippen LogP contribution in [0, 0.1) is 11.3 Å². The number of benzene rings is 3. The van der Waals surface area contributed by atoms with Crippen LogP contribution in [0.4, 0.5) is 0 Å². The quantitative estimate of drug-likeness (QED) is 0.553. The van der Waals surface area contributed by atoms with E-state index in [1.165, 1.54) is 24.3 Å². The molecule has 0 spiro atoms. The molecule has 0 radical (unpaired) electrons. The van der Waals surface area contributed by atoms with E-state index in [9.17, 15) is 13.7 Å². The highest BCUT2D eigenvalue weighted by atomic mass is 35.5. The van der Waals surface area contributed by atoms with Crippen molar-refractivity contribution in [2.45, 2.75) is 17.9 Å². The van der Waals surface area contributed by atoms with Gasteiger partial charge in [0.15, 0.2) is 0 Å². The van der Waals surface area contributed by atoms with E-state index in [2.05, 4.69) is 4.72 Å². The van der Waals surface area contributed by atoms with Crippen LogP contribution in [0.3, 0.4) is 0 Å². The lowest BCUT2D eigenvalue weighted by Crippen LogP contribution is -2.26. The summed E-state index contributed by atoms with van der Waals surface area (Å²) in [7, 11) is -2.20. The van der Waals surface area contributed by atoms with Crippen molar-refractivity contribution in [2.24, 2.45) is 0 Å². The van der Waals surface area contributed by atoms with Crippen LogP contribution < -0.4 is 14.2 Å². The molecule has 3 aromatic rings. The van der Waals surface area contributed by atoms with Crippen molar-refractivity contribution in [2.75, 3.05) is 7.11 Å². The summed E-state index contributed by atoms with van der Waals surface area (Å²) in [6.45, 7) is 1.76. The Bertz CT molecular complexity index is 1190. The number of ether oxygens (including phenoxy) is 2. The second kappa shape index (κ2) is 9.18. The van der Waals surface area contributed by atoms with Gasteiger partial charge in [0.05, 0.1) is 17.0 Å². The first-order chi connectivity index (χ1) is 14.3. The van der Waals surface area contributed by atoms with E-state index in [1.54, 1.807) is 50.4 Å².